The Labute approximate surface area is 146 Å². The van der Waals surface area contributed by atoms with Crippen LogP contribution in [0.2, 0.25) is 0 Å². The maximum absolute atomic E-state index is 12.0. The van der Waals surface area contributed by atoms with Crippen LogP contribution in [0.3, 0.4) is 0 Å². The van der Waals surface area contributed by atoms with Gasteiger partial charge in [0.2, 0.25) is 0 Å². The summed E-state index contributed by atoms with van der Waals surface area (Å²) in [5.41, 5.74) is 1.18. The number of rotatable bonds is 4. The van der Waals surface area contributed by atoms with Gasteiger partial charge in [0.25, 0.3) is 0 Å². The highest BCUT2D eigenvalue weighted by molar-refractivity contribution is 5.73. The van der Waals surface area contributed by atoms with Gasteiger partial charge in [0.15, 0.2) is 17.6 Å². The first-order chi connectivity index (χ1) is 12.3. The van der Waals surface area contributed by atoms with E-state index < -0.39 is 0 Å². The summed E-state index contributed by atoms with van der Waals surface area (Å²) in [5.74, 6) is 2.35. The van der Waals surface area contributed by atoms with Crippen molar-refractivity contribution in [3.05, 3.63) is 54.1 Å². The van der Waals surface area contributed by atoms with Gasteiger partial charge in [-0.1, -0.05) is 30.3 Å². The number of nitrogens with one attached hydrogen (secondary N) is 2. The number of urea groups is 1. The molecule has 0 aromatic heterocycles. The number of carbonyl (C=O) groups excluding carboxylic acids is 1. The molecular weight excluding hydrogens is 320 g/mol. The minimum Gasteiger partial charge on any atom is -0.488 e. The Morgan fingerprint density at radius 1 is 0.880 bits per heavy atom. The summed E-state index contributed by atoms with van der Waals surface area (Å²) in [7, 11) is 0. The molecule has 2 aromatic carbocycles. The summed E-state index contributed by atoms with van der Waals surface area (Å²) in [6.07, 6.45) is 0.587. The Kier molecular flexibility index (Phi) is 4.33. The molecule has 4 rings (SSSR count). The van der Waals surface area contributed by atoms with E-state index in [-0.39, 0.29) is 18.2 Å². The van der Waals surface area contributed by atoms with Crippen molar-refractivity contribution in [3.63, 3.8) is 0 Å². The third-order valence-electron chi connectivity index (χ3n) is 4.26. The Balaban J connectivity index is 1.19. The standard InChI is InChI=1S/C19H20N2O4/c22-19(20-10-14-9-13-5-1-2-6-16(13)24-14)21-11-15-12-23-17-7-3-4-8-18(17)25-15/h1-8,14-15H,9-12H2,(H2,20,21,22)/t14-,15+/m1/s1. The monoisotopic (exact) mass is 340 g/mol. The molecule has 2 amide bonds. The van der Waals surface area contributed by atoms with E-state index in [9.17, 15) is 4.79 Å². The SMILES string of the molecule is O=C(NC[C@H]1Cc2ccccc2O1)NC[C@H]1COc2ccccc2O1. The van der Waals surface area contributed by atoms with Crippen LogP contribution in [0.4, 0.5) is 4.79 Å². The lowest BCUT2D eigenvalue weighted by molar-refractivity contribution is 0.0917. The number of para-hydroxylation sites is 3. The number of amides is 2. The topological polar surface area (TPSA) is 68.8 Å². The summed E-state index contributed by atoms with van der Waals surface area (Å²) >= 11 is 0. The molecule has 2 aliphatic heterocycles. The molecule has 2 aliphatic rings. The van der Waals surface area contributed by atoms with E-state index in [4.69, 9.17) is 14.2 Å². The minimum absolute atomic E-state index is 0.0238. The first-order valence-corrected chi connectivity index (χ1v) is 8.42. The molecule has 2 N–H and O–H groups in total. The summed E-state index contributed by atoms with van der Waals surface area (Å²) in [4.78, 5) is 12.0. The normalized spacial score (nSPS) is 20.3. The maximum atomic E-state index is 12.0. The molecule has 0 radical (unpaired) electrons. The molecule has 0 spiro atoms. The second-order valence-electron chi connectivity index (χ2n) is 6.14. The largest absolute Gasteiger partial charge is 0.488 e. The minimum atomic E-state index is -0.234. The average molecular weight is 340 g/mol. The average Bonchev–Trinajstić information content (AvgIpc) is 3.07. The molecule has 130 valence electrons. The lowest BCUT2D eigenvalue weighted by Crippen LogP contribution is -2.46. The Hall–Kier alpha value is -2.89. The third-order valence-corrected chi connectivity index (χ3v) is 4.26. The molecule has 0 saturated heterocycles. The molecule has 2 heterocycles. The molecule has 0 bridgehead atoms. The van der Waals surface area contributed by atoms with Gasteiger partial charge in [0.1, 0.15) is 18.5 Å². The van der Waals surface area contributed by atoms with E-state index in [0.29, 0.717) is 25.4 Å². The Morgan fingerprint density at radius 3 is 2.32 bits per heavy atom. The van der Waals surface area contributed by atoms with Gasteiger partial charge in [-0.25, -0.2) is 4.79 Å². The Bertz CT molecular complexity index is 740. The molecule has 0 fully saturated rings. The van der Waals surface area contributed by atoms with Gasteiger partial charge in [-0.2, -0.15) is 0 Å². The van der Waals surface area contributed by atoms with Gasteiger partial charge >= 0.3 is 6.03 Å². The van der Waals surface area contributed by atoms with Crippen LogP contribution in [-0.2, 0) is 6.42 Å². The van der Waals surface area contributed by atoms with Crippen molar-refractivity contribution in [2.24, 2.45) is 0 Å². The molecule has 6 nitrogen and oxygen atoms in total. The molecule has 6 heteroatoms. The smallest absolute Gasteiger partial charge is 0.315 e. The van der Waals surface area contributed by atoms with Gasteiger partial charge in [-0.05, 0) is 23.8 Å². The zero-order valence-electron chi connectivity index (χ0n) is 13.7. The quantitative estimate of drug-likeness (QED) is 0.895. The molecule has 2 atom stereocenters. The van der Waals surface area contributed by atoms with Crippen LogP contribution in [0, 0.1) is 0 Å². The fourth-order valence-electron chi connectivity index (χ4n) is 3.01. The summed E-state index contributed by atoms with van der Waals surface area (Å²) in [5, 5.41) is 5.66. The van der Waals surface area contributed by atoms with Crippen LogP contribution in [0.25, 0.3) is 0 Å². The van der Waals surface area contributed by atoms with E-state index in [0.717, 1.165) is 17.9 Å². The number of hydrogen-bond donors (Lipinski definition) is 2. The fraction of sp³-hybridized carbons (Fsp3) is 0.316. The summed E-state index contributed by atoms with van der Waals surface area (Å²) in [6, 6.07) is 15.2. The molecule has 2 aromatic rings. The highest BCUT2D eigenvalue weighted by atomic mass is 16.6. The second-order valence-corrected chi connectivity index (χ2v) is 6.14. The van der Waals surface area contributed by atoms with Crippen LogP contribution in [0.15, 0.2) is 48.5 Å². The van der Waals surface area contributed by atoms with E-state index in [2.05, 4.69) is 10.6 Å². The van der Waals surface area contributed by atoms with Crippen molar-refractivity contribution in [2.45, 2.75) is 18.6 Å². The molecule has 25 heavy (non-hydrogen) atoms. The Morgan fingerprint density at radius 2 is 1.52 bits per heavy atom. The highest BCUT2D eigenvalue weighted by Gasteiger charge is 2.24. The van der Waals surface area contributed by atoms with Crippen molar-refractivity contribution >= 4 is 6.03 Å². The van der Waals surface area contributed by atoms with Crippen LogP contribution in [-0.4, -0.2) is 37.9 Å². The predicted octanol–water partition coefficient (Wildman–Crippen LogP) is 2.13. The van der Waals surface area contributed by atoms with Gasteiger partial charge in [-0.3, -0.25) is 0 Å². The zero-order valence-corrected chi connectivity index (χ0v) is 13.7. The second kappa shape index (κ2) is 6.93. The molecule has 0 unspecified atom stereocenters. The third kappa shape index (κ3) is 3.63. The van der Waals surface area contributed by atoms with Crippen molar-refractivity contribution in [1.29, 1.82) is 0 Å². The number of benzene rings is 2. The first-order valence-electron chi connectivity index (χ1n) is 8.42. The number of ether oxygens (including phenoxy) is 3. The lowest BCUT2D eigenvalue weighted by Gasteiger charge is -2.26. The first kappa shape index (κ1) is 15.6. The molecule has 0 saturated carbocycles. The predicted molar refractivity (Wildman–Crippen MR) is 92.3 cm³/mol. The van der Waals surface area contributed by atoms with Crippen molar-refractivity contribution in [3.8, 4) is 17.2 Å². The molecule has 0 aliphatic carbocycles. The van der Waals surface area contributed by atoms with Crippen molar-refractivity contribution in [1.82, 2.24) is 10.6 Å². The number of hydrogen-bond acceptors (Lipinski definition) is 4. The van der Waals surface area contributed by atoms with Crippen LogP contribution >= 0.6 is 0 Å². The fourth-order valence-corrected chi connectivity index (χ4v) is 3.01. The van der Waals surface area contributed by atoms with Gasteiger partial charge in [-0.15, -0.1) is 0 Å². The lowest BCUT2D eigenvalue weighted by atomic mass is 10.1. The summed E-state index contributed by atoms with van der Waals surface area (Å²) in [6.45, 7) is 1.26. The van der Waals surface area contributed by atoms with Gasteiger partial charge in [0.05, 0.1) is 13.1 Å². The number of fused-ring (bicyclic) bond motifs is 2. The van der Waals surface area contributed by atoms with Crippen LogP contribution in [0.5, 0.6) is 17.2 Å². The van der Waals surface area contributed by atoms with Crippen molar-refractivity contribution < 1.29 is 19.0 Å². The zero-order chi connectivity index (χ0) is 17.1. The van der Waals surface area contributed by atoms with Gasteiger partial charge in [0, 0.05) is 6.42 Å². The van der Waals surface area contributed by atoms with E-state index in [1.165, 1.54) is 5.56 Å². The van der Waals surface area contributed by atoms with E-state index in [1.54, 1.807) is 0 Å². The number of carbonyl (C=O) groups is 1. The van der Waals surface area contributed by atoms with E-state index in [1.807, 2.05) is 48.5 Å². The molecular formula is C19H20N2O4. The van der Waals surface area contributed by atoms with Crippen LogP contribution in [0.1, 0.15) is 5.56 Å². The summed E-state index contributed by atoms with van der Waals surface area (Å²) < 4.78 is 17.2. The highest BCUT2D eigenvalue weighted by Crippen LogP contribution is 2.30. The van der Waals surface area contributed by atoms with Crippen LogP contribution < -0.4 is 24.8 Å². The van der Waals surface area contributed by atoms with Gasteiger partial charge < -0.3 is 24.8 Å². The van der Waals surface area contributed by atoms with Crippen molar-refractivity contribution in [2.75, 3.05) is 19.7 Å². The van der Waals surface area contributed by atoms with E-state index >= 15 is 0 Å². The maximum Gasteiger partial charge on any atom is 0.315 e.